The highest BCUT2D eigenvalue weighted by molar-refractivity contribution is 5.79. The number of terminal acetylenes is 1. The van der Waals surface area contributed by atoms with E-state index in [1.807, 2.05) is 0 Å². The van der Waals surface area contributed by atoms with Crippen molar-refractivity contribution in [3.8, 4) is 12.3 Å². The minimum Gasteiger partial charge on any atom is -0.355 e. The minimum atomic E-state index is -0.0786. The molecule has 4 nitrogen and oxygen atoms in total. The zero-order valence-corrected chi connectivity index (χ0v) is 8.25. The van der Waals surface area contributed by atoms with Crippen LogP contribution in [0.5, 0.6) is 0 Å². The molecule has 1 N–H and O–H groups in total. The summed E-state index contributed by atoms with van der Waals surface area (Å²) in [6, 6.07) is 0. The first-order valence-corrected chi connectivity index (χ1v) is 4.62. The van der Waals surface area contributed by atoms with Gasteiger partial charge in [0.15, 0.2) is 0 Å². The Bertz CT molecular complexity index is 280. The number of hydrogen-bond donors (Lipinski definition) is 1. The number of rotatable bonds is 3. The normalized spacial score (nSPS) is 20.7. The molecule has 0 saturated carbocycles. The van der Waals surface area contributed by atoms with Crippen molar-refractivity contribution in [3.63, 3.8) is 0 Å². The van der Waals surface area contributed by atoms with Crippen LogP contribution in [0.3, 0.4) is 0 Å². The number of likely N-dealkylation sites (tertiary alicyclic amines) is 1. The predicted octanol–water partition coefficient (Wildman–Crippen LogP) is -0.396. The van der Waals surface area contributed by atoms with E-state index in [1.54, 1.807) is 4.90 Å². The van der Waals surface area contributed by atoms with Gasteiger partial charge in [-0.25, -0.2) is 0 Å². The average molecular weight is 194 g/mol. The number of carbonyl (C=O) groups is 2. The molecule has 0 aromatic heterocycles. The molecule has 0 aromatic rings. The predicted molar refractivity (Wildman–Crippen MR) is 52.2 cm³/mol. The van der Waals surface area contributed by atoms with Crippen LogP contribution in [0.2, 0.25) is 0 Å². The zero-order chi connectivity index (χ0) is 10.6. The largest absolute Gasteiger partial charge is 0.355 e. The van der Waals surface area contributed by atoms with E-state index in [2.05, 4.69) is 11.2 Å². The SMILES string of the molecule is C#CC1CC(=O)N(CCNC(C)=O)C1. The van der Waals surface area contributed by atoms with Gasteiger partial charge < -0.3 is 10.2 Å². The van der Waals surface area contributed by atoms with E-state index in [1.165, 1.54) is 6.92 Å². The third-order valence-electron chi connectivity index (χ3n) is 2.21. The molecule has 1 aliphatic rings. The van der Waals surface area contributed by atoms with Gasteiger partial charge in [-0.15, -0.1) is 12.3 Å². The number of nitrogens with zero attached hydrogens (tertiary/aromatic N) is 1. The molecule has 1 aliphatic heterocycles. The lowest BCUT2D eigenvalue weighted by atomic mass is 10.1. The van der Waals surface area contributed by atoms with Crippen molar-refractivity contribution in [2.75, 3.05) is 19.6 Å². The summed E-state index contributed by atoms with van der Waals surface area (Å²) in [5.74, 6) is 2.62. The molecule has 76 valence electrons. The second kappa shape index (κ2) is 4.66. The first kappa shape index (κ1) is 10.6. The number of nitrogens with one attached hydrogen (secondary N) is 1. The van der Waals surface area contributed by atoms with Gasteiger partial charge in [0, 0.05) is 38.9 Å². The van der Waals surface area contributed by atoms with Crippen molar-refractivity contribution in [3.05, 3.63) is 0 Å². The summed E-state index contributed by atoms with van der Waals surface area (Å²) in [7, 11) is 0. The minimum absolute atomic E-state index is 0.0415. The molecule has 0 aromatic carbocycles. The lowest BCUT2D eigenvalue weighted by Gasteiger charge is -2.15. The van der Waals surface area contributed by atoms with E-state index < -0.39 is 0 Å². The van der Waals surface area contributed by atoms with Crippen molar-refractivity contribution in [2.24, 2.45) is 5.92 Å². The van der Waals surface area contributed by atoms with Crippen LogP contribution in [0.25, 0.3) is 0 Å². The van der Waals surface area contributed by atoms with Crippen LogP contribution in [0.4, 0.5) is 0 Å². The highest BCUT2D eigenvalue weighted by atomic mass is 16.2. The van der Waals surface area contributed by atoms with E-state index in [0.717, 1.165) is 0 Å². The molecule has 0 spiro atoms. The lowest BCUT2D eigenvalue weighted by Crippen LogP contribution is -2.34. The van der Waals surface area contributed by atoms with Gasteiger partial charge in [-0.3, -0.25) is 9.59 Å². The van der Waals surface area contributed by atoms with E-state index >= 15 is 0 Å². The molecule has 1 fully saturated rings. The Balaban J connectivity index is 2.29. The van der Waals surface area contributed by atoms with Gasteiger partial charge in [0.1, 0.15) is 0 Å². The van der Waals surface area contributed by atoms with E-state index in [4.69, 9.17) is 6.42 Å². The number of carbonyl (C=O) groups excluding carboxylic acids is 2. The highest BCUT2D eigenvalue weighted by Gasteiger charge is 2.27. The molecule has 1 rings (SSSR count). The first-order valence-electron chi connectivity index (χ1n) is 4.62. The smallest absolute Gasteiger partial charge is 0.223 e. The monoisotopic (exact) mass is 194 g/mol. The Labute approximate surface area is 83.6 Å². The summed E-state index contributed by atoms with van der Waals surface area (Å²) in [4.78, 5) is 23.6. The molecule has 2 amide bonds. The lowest BCUT2D eigenvalue weighted by molar-refractivity contribution is -0.128. The molecule has 1 saturated heterocycles. The van der Waals surface area contributed by atoms with E-state index in [0.29, 0.717) is 26.1 Å². The molecule has 0 radical (unpaired) electrons. The summed E-state index contributed by atoms with van der Waals surface area (Å²) in [5, 5.41) is 2.64. The van der Waals surface area contributed by atoms with Crippen LogP contribution >= 0.6 is 0 Å². The Hall–Kier alpha value is -1.50. The second-order valence-electron chi connectivity index (χ2n) is 3.39. The molecule has 1 atom stereocenters. The van der Waals surface area contributed by atoms with Crippen molar-refractivity contribution in [1.82, 2.24) is 10.2 Å². The summed E-state index contributed by atoms with van der Waals surface area (Å²) in [6.45, 7) is 3.12. The highest BCUT2D eigenvalue weighted by Crippen LogP contribution is 2.15. The van der Waals surface area contributed by atoms with Crippen molar-refractivity contribution in [2.45, 2.75) is 13.3 Å². The molecule has 1 heterocycles. The van der Waals surface area contributed by atoms with Crippen molar-refractivity contribution >= 4 is 11.8 Å². The van der Waals surface area contributed by atoms with Crippen LogP contribution in [-0.4, -0.2) is 36.3 Å². The Morgan fingerprint density at radius 2 is 2.50 bits per heavy atom. The molecule has 14 heavy (non-hydrogen) atoms. The van der Waals surface area contributed by atoms with Gasteiger partial charge in [-0.1, -0.05) is 0 Å². The summed E-state index contributed by atoms with van der Waals surface area (Å²) in [6.07, 6.45) is 5.68. The van der Waals surface area contributed by atoms with Gasteiger partial charge in [0.05, 0.1) is 0 Å². The topological polar surface area (TPSA) is 49.4 Å². The number of amides is 2. The van der Waals surface area contributed by atoms with Crippen LogP contribution in [-0.2, 0) is 9.59 Å². The molecule has 0 aliphatic carbocycles. The first-order chi connectivity index (χ1) is 6.63. The van der Waals surface area contributed by atoms with Gasteiger partial charge >= 0.3 is 0 Å². The van der Waals surface area contributed by atoms with Crippen LogP contribution < -0.4 is 5.32 Å². The second-order valence-corrected chi connectivity index (χ2v) is 3.39. The maximum Gasteiger partial charge on any atom is 0.223 e. The van der Waals surface area contributed by atoms with E-state index in [9.17, 15) is 9.59 Å². The third-order valence-corrected chi connectivity index (χ3v) is 2.21. The Morgan fingerprint density at radius 1 is 1.79 bits per heavy atom. The zero-order valence-electron chi connectivity index (χ0n) is 8.25. The summed E-state index contributed by atoms with van der Waals surface area (Å²) >= 11 is 0. The number of hydrogen-bond acceptors (Lipinski definition) is 2. The molecule has 1 unspecified atom stereocenters. The standard InChI is InChI=1S/C10H14N2O2/c1-3-9-6-10(14)12(7-9)5-4-11-8(2)13/h1,9H,4-7H2,2H3,(H,11,13). The maximum absolute atomic E-state index is 11.3. The third kappa shape index (κ3) is 2.77. The molecular formula is C10H14N2O2. The fourth-order valence-corrected chi connectivity index (χ4v) is 1.47. The van der Waals surface area contributed by atoms with Gasteiger partial charge in [-0.2, -0.15) is 0 Å². The average Bonchev–Trinajstić information content (AvgIpc) is 2.47. The van der Waals surface area contributed by atoms with Gasteiger partial charge in [0.25, 0.3) is 0 Å². The molecule has 4 heteroatoms. The van der Waals surface area contributed by atoms with Crippen molar-refractivity contribution < 1.29 is 9.59 Å². The fourth-order valence-electron chi connectivity index (χ4n) is 1.47. The summed E-state index contributed by atoms with van der Waals surface area (Å²) < 4.78 is 0. The van der Waals surface area contributed by atoms with Crippen LogP contribution in [0, 0.1) is 18.3 Å². The van der Waals surface area contributed by atoms with E-state index in [-0.39, 0.29) is 17.7 Å². The quantitative estimate of drug-likeness (QED) is 0.622. The van der Waals surface area contributed by atoms with Crippen molar-refractivity contribution in [1.29, 1.82) is 0 Å². The van der Waals surface area contributed by atoms with Gasteiger partial charge in [-0.05, 0) is 0 Å². The fraction of sp³-hybridized carbons (Fsp3) is 0.600. The summed E-state index contributed by atoms with van der Waals surface area (Å²) in [5.41, 5.74) is 0. The van der Waals surface area contributed by atoms with Crippen LogP contribution in [0.1, 0.15) is 13.3 Å². The molecule has 0 bridgehead atoms. The van der Waals surface area contributed by atoms with Crippen LogP contribution in [0.15, 0.2) is 0 Å². The Morgan fingerprint density at radius 3 is 3.00 bits per heavy atom. The molecular weight excluding hydrogens is 180 g/mol. The van der Waals surface area contributed by atoms with Gasteiger partial charge in [0.2, 0.25) is 11.8 Å². The maximum atomic E-state index is 11.3. The Kier molecular flexibility index (Phi) is 3.52.